The fraction of sp³-hybridized carbons (Fsp3) is 0.579. The van der Waals surface area contributed by atoms with Crippen molar-refractivity contribution in [2.45, 2.75) is 39.8 Å². The minimum Gasteiger partial charge on any atom is -0.454 e. The number of ether oxygens (including phenoxy) is 2. The molecule has 0 radical (unpaired) electrons. The van der Waals surface area contributed by atoms with Crippen LogP contribution in [0.15, 0.2) is 17.1 Å². The van der Waals surface area contributed by atoms with Crippen molar-refractivity contribution in [2.24, 2.45) is 10.9 Å². The van der Waals surface area contributed by atoms with E-state index in [4.69, 9.17) is 21.1 Å². The smallest absolute Gasteiger partial charge is 0.231 e. The molecule has 0 saturated carbocycles. The van der Waals surface area contributed by atoms with Gasteiger partial charge in [-0.1, -0.05) is 25.4 Å². The van der Waals surface area contributed by atoms with Crippen LogP contribution in [0.5, 0.6) is 11.5 Å². The molecule has 1 aromatic carbocycles. The Morgan fingerprint density at radius 2 is 2.18 bits per heavy atom. The van der Waals surface area contributed by atoms with Gasteiger partial charge in [-0.15, -0.1) is 24.0 Å². The summed E-state index contributed by atoms with van der Waals surface area (Å²) in [5.41, 5.74) is 0.949. The highest BCUT2D eigenvalue weighted by atomic mass is 127. The predicted molar refractivity (Wildman–Crippen MR) is 121 cm³/mol. The van der Waals surface area contributed by atoms with Crippen molar-refractivity contribution in [3.05, 3.63) is 22.7 Å². The van der Waals surface area contributed by atoms with Gasteiger partial charge in [0.25, 0.3) is 0 Å². The first kappa shape index (κ1) is 22.9. The number of amides is 1. The summed E-state index contributed by atoms with van der Waals surface area (Å²) in [4.78, 5) is 18.7. The van der Waals surface area contributed by atoms with E-state index < -0.39 is 0 Å². The number of halogens is 2. The lowest BCUT2D eigenvalue weighted by atomic mass is 10.2. The molecule has 7 nitrogen and oxygen atoms in total. The quantitative estimate of drug-likeness (QED) is 0.353. The molecule has 1 unspecified atom stereocenters. The Morgan fingerprint density at radius 1 is 1.39 bits per heavy atom. The molecule has 0 aliphatic carbocycles. The van der Waals surface area contributed by atoms with E-state index in [9.17, 15) is 4.79 Å². The number of nitrogens with zero attached hydrogens (tertiary/aromatic N) is 2. The highest BCUT2D eigenvalue weighted by molar-refractivity contribution is 14.0. The zero-order chi connectivity index (χ0) is 19.4. The maximum atomic E-state index is 12.2. The van der Waals surface area contributed by atoms with Crippen LogP contribution in [0.1, 0.15) is 32.8 Å². The molecule has 28 heavy (non-hydrogen) atoms. The van der Waals surface area contributed by atoms with Crippen LogP contribution in [-0.2, 0) is 11.3 Å². The Bertz CT molecular complexity index is 729. The molecule has 1 amide bonds. The van der Waals surface area contributed by atoms with Gasteiger partial charge in [-0.3, -0.25) is 4.79 Å². The molecule has 0 aromatic heterocycles. The van der Waals surface area contributed by atoms with Crippen molar-refractivity contribution in [3.63, 3.8) is 0 Å². The van der Waals surface area contributed by atoms with E-state index in [1.807, 2.05) is 37.8 Å². The van der Waals surface area contributed by atoms with E-state index in [0.717, 1.165) is 31.0 Å². The summed E-state index contributed by atoms with van der Waals surface area (Å²) in [6, 6.07) is 3.95. The summed E-state index contributed by atoms with van der Waals surface area (Å²) in [6.45, 7) is 8.80. The monoisotopic (exact) mass is 522 g/mol. The van der Waals surface area contributed by atoms with Gasteiger partial charge in [0.15, 0.2) is 17.5 Å². The number of hydrogen-bond acceptors (Lipinski definition) is 4. The van der Waals surface area contributed by atoms with Crippen LogP contribution in [0.25, 0.3) is 0 Å². The zero-order valence-electron chi connectivity index (χ0n) is 16.5. The molecule has 1 atom stereocenters. The van der Waals surface area contributed by atoms with Gasteiger partial charge in [-0.2, -0.15) is 0 Å². The average Bonchev–Trinajstić information content (AvgIpc) is 3.28. The summed E-state index contributed by atoms with van der Waals surface area (Å²) >= 11 is 6.24. The van der Waals surface area contributed by atoms with Crippen LogP contribution in [0, 0.1) is 5.92 Å². The van der Waals surface area contributed by atoms with Crippen molar-refractivity contribution in [1.29, 1.82) is 0 Å². The summed E-state index contributed by atoms with van der Waals surface area (Å²) in [5, 5.41) is 7.23. The van der Waals surface area contributed by atoms with Crippen molar-refractivity contribution >= 4 is 47.4 Å². The molecule has 2 heterocycles. The molecule has 9 heteroatoms. The second kappa shape index (κ2) is 10.4. The number of carbonyl (C=O) groups excluding carboxylic acids is 1. The third-order valence-corrected chi connectivity index (χ3v) is 4.87. The number of nitrogens with one attached hydrogen (secondary N) is 2. The molecule has 2 aliphatic heterocycles. The third-order valence-electron chi connectivity index (χ3n) is 4.59. The van der Waals surface area contributed by atoms with Gasteiger partial charge in [0.2, 0.25) is 12.7 Å². The van der Waals surface area contributed by atoms with E-state index in [1.165, 1.54) is 0 Å². The van der Waals surface area contributed by atoms with E-state index in [2.05, 4.69) is 15.6 Å². The maximum Gasteiger partial charge on any atom is 0.231 e. The molecule has 2 aliphatic rings. The van der Waals surface area contributed by atoms with Crippen LogP contribution in [0.2, 0.25) is 5.02 Å². The molecule has 1 aromatic rings. The first-order valence-corrected chi connectivity index (χ1v) is 9.77. The van der Waals surface area contributed by atoms with Crippen LogP contribution >= 0.6 is 35.6 Å². The minimum absolute atomic E-state index is 0. The number of benzene rings is 1. The fourth-order valence-corrected chi connectivity index (χ4v) is 3.53. The molecule has 2 N–H and O–H groups in total. The van der Waals surface area contributed by atoms with Gasteiger partial charge in [0.05, 0.1) is 11.6 Å². The Hall–Kier alpha value is -1.42. The number of hydrogen-bond donors (Lipinski definition) is 2. The van der Waals surface area contributed by atoms with Gasteiger partial charge in [0, 0.05) is 31.6 Å². The standard InChI is InChI=1S/C19H27ClN4O3.HI/c1-4-21-19(23-14-5-6-24(10-14)18(25)12(2)3)22-9-13-7-15(20)17-16(8-13)26-11-27-17;/h7-8,12,14H,4-6,9-11H2,1-3H3,(H2,21,22,23);1H. The Labute approximate surface area is 188 Å². The Balaban J connectivity index is 0.00000280. The second-order valence-corrected chi connectivity index (χ2v) is 7.48. The molecule has 1 saturated heterocycles. The van der Waals surface area contributed by atoms with Crippen LogP contribution < -0.4 is 20.1 Å². The zero-order valence-corrected chi connectivity index (χ0v) is 19.5. The number of aliphatic imine (C=N–C) groups is 1. The lowest BCUT2D eigenvalue weighted by Crippen LogP contribution is -2.45. The number of rotatable bonds is 5. The molecule has 0 spiro atoms. The average molecular weight is 523 g/mol. The van der Waals surface area contributed by atoms with Crippen molar-refractivity contribution < 1.29 is 14.3 Å². The highest BCUT2D eigenvalue weighted by Gasteiger charge is 2.28. The normalized spacial score (nSPS) is 18.2. The van der Waals surface area contributed by atoms with Crippen LogP contribution in [-0.4, -0.2) is 49.2 Å². The van der Waals surface area contributed by atoms with Gasteiger partial charge < -0.3 is 25.0 Å². The minimum atomic E-state index is 0. The van der Waals surface area contributed by atoms with Crippen LogP contribution in [0.3, 0.4) is 0 Å². The van der Waals surface area contributed by atoms with Gasteiger partial charge in [-0.05, 0) is 31.0 Å². The van der Waals surface area contributed by atoms with E-state index in [1.54, 1.807) is 0 Å². The molecule has 3 rings (SSSR count). The van der Waals surface area contributed by atoms with Gasteiger partial charge in [-0.25, -0.2) is 4.99 Å². The number of guanidine groups is 1. The number of carbonyl (C=O) groups is 1. The van der Waals surface area contributed by atoms with Crippen LogP contribution in [0.4, 0.5) is 0 Å². The fourth-order valence-electron chi connectivity index (χ4n) is 3.24. The topological polar surface area (TPSA) is 75.2 Å². The summed E-state index contributed by atoms with van der Waals surface area (Å²) in [5.74, 6) is 2.22. The van der Waals surface area contributed by atoms with Crippen molar-refractivity contribution in [2.75, 3.05) is 26.4 Å². The number of fused-ring (bicyclic) bond motifs is 1. The molecular weight excluding hydrogens is 495 g/mol. The maximum absolute atomic E-state index is 12.2. The second-order valence-electron chi connectivity index (χ2n) is 7.08. The van der Waals surface area contributed by atoms with Crippen molar-refractivity contribution in [3.8, 4) is 11.5 Å². The largest absolute Gasteiger partial charge is 0.454 e. The van der Waals surface area contributed by atoms with E-state index in [-0.39, 0.29) is 48.6 Å². The first-order chi connectivity index (χ1) is 13.0. The Kier molecular flexibility index (Phi) is 8.48. The van der Waals surface area contributed by atoms with E-state index in [0.29, 0.717) is 29.6 Å². The molecule has 156 valence electrons. The molecule has 1 fully saturated rings. The lowest BCUT2D eigenvalue weighted by molar-refractivity contribution is -0.133. The first-order valence-electron chi connectivity index (χ1n) is 9.39. The highest BCUT2D eigenvalue weighted by Crippen LogP contribution is 2.39. The number of likely N-dealkylation sites (tertiary alicyclic amines) is 1. The molecular formula is C19H28ClIN4O3. The Morgan fingerprint density at radius 3 is 2.89 bits per heavy atom. The SMILES string of the molecule is CCNC(=NCc1cc(Cl)c2c(c1)OCO2)NC1CCN(C(=O)C(C)C)C1.I. The third kappa shape index (κ3) is 5.56. The molecule has 0 bridgehead atoms. The van der Waals surface area contributed by atoms with Gasteiger partial charge >= 0.3 is 0 Å². The summed E-state index contributed by atoms with van der Waals surface area (Å²) in [7, 11) is 0. The van der Waals surface area contributed by atoms with Gasteiger partial charge in [0.1, 0.15) is 0 Å². The summed E-state index contributed by atoms with van der Waals surface area (Å²) < 4.78 is 10.7. The predicted octanol–water partition coefficient (Wildman–Crippen LogP) is 3.00. The van der Waals surface area contributed by atoms with E-state index >= 15 is 0 Å². The van der Waals surface area contributed by atoms with Crippen molar-refractivity contribution in [1.82, 2.24) is 15.5 Å². The lowest BCUT2D eigenvalue weighted by Gasteiger charge is -2.20. The summed E-state index contributed by atoms with van der Waals surface area (Å²) in [6.07, 6.45) is 0.915.